The van der Waals surface area contributed by atoms with Gasteiger partial charge in [-0.2, -0.15) is 13.2 Å². The van der Waals surface area contributed by atoms with Gasteiger partial charge in [-0.05, 0) is 48.4 Å². The molecule has 2 aromatic carbocycles. The van der Waals surface area contributed by atoms with Gasteiger partial charge in [-0.1, -0.05) is 0 Å². The predicted octanol–water partition coefficient (Wildman–Crippen LogP) is 3.55. The number of nitrogens with zero attached hydrogens (tertiary/aromatic N) is 1. The van der Waals surface area contributed by atoms with E-state index in [0.717, 1.165) is 18.2 Å². The van der Waals surface area contributed by atoms with E-state index in [1.54, 1.807) is 0 Å². The predicted molar refractivity (Wildman–Crippen MR) is 93.6 cm³/mol. The molecule has 2 aromatic rings. The zero-order valence-corrected chi connectivity index (χ0v) is 14.5. The van der Waals surface area contributed by atoms with Crippen LogP contribution in [0.25, 0.3) is 0 Å². The number of aryl methyl sites for hydroxylation is 1. The van der Waals surface area contributed by atoms with Gasteiger partial charge in [-0.3, -0.25) is 9.59 Å². The van der Waals surface area contributed by atoms with Gasteiger partial charge in [-0.15, -0.1) is 0 Å². The second kappa shape index (κ2) is 7.49. The minimum Gasteiger partial charge on any atom is -0.508 e. The van der Waals surface area contributed by atoms with Crippen LogP contribution in [0.2, 0.25) is 0 Å². The van der Waals surface area contributed by atoms with E-state index in [9.17, 15) is 32.3 Å². The number of aromatic hydroxyl groups is 1. The first-order valence-electron chi connectivity index (χ1n) is 8.40. The van der Waals surface area contributed by atoms with Crippen LogP contribution < -0.4 is 10.2 Å². The molecule has 148 valence electrons. The topological polar surface area (TPSA) is 69.6 Å². The number of amides is 2. The van der Waals surface area contributed by atoms with E-state index >= 15 is 0 Å². The first-order chi connectivity index (χ1) is 13.1. The summed E-state index contributed by atoms with van der Waals surface area (Å²) in [6.07, 6.45) is -4.60. The number of alkyl halides is 3. The largest absolute Gasteiger partial charge is 0.508 e. The molecule has 0 unspecified atom stereocenters. The molecule has 1 heterocycles. The molecular weight excluding hydrogens is 380 g/mol. The average Bonchev–Trinajstić information content (AvgIpc) is 2.59. The number of hydrogen-bond acceptors (Lipinski definition) is 3. The van der Waals surface area contributed by atoms with Crippen molar-refractivity contribution in [2.24, 2.45) is 0 Å². The van der Waals surface area contributed by atoms with Gasteiger partial charge < -0.3 is 15.3 Å². The summed E-state index contributed by atoms with van der Waals surface area (Å²) < 4.78 is 51.4. The third-order valence-corrected chi connectivity index (χ3v) is 4.29. The van der Waals surface area contributed by atoms with Crippen molar-refractivity contribution in [2.45, 2.75) is 25.4 Å². The normalized spacial score (nSPS) is 14.0. The molecule has 3 rings (SSSR count). The van der Waals surface area contributed by atoms with Crippen molar-refractivity contribution in [3.8, 4) is 5.75 Å². The Morgan fingerprint density at radius 3 is 2.61 bits per heavy atom. The number of nitrogens with one attached hydrogen (secondary N) is 1. The highest BCUT2D eigenvalue weighted by atomic mass is 19.4. The zero-order chi connectivity index (χ0) is 20.5. The molecule has 0 atom stereocenters. The quantitative estimate of drug-likeness (QED) is 0.777. The van der Waals surface area contributed by atoms with Crippen LogP contribution in [0.4, 0.5) is 28.9 Å². The highest BCUT2D eigenvalue weighted by Crippen LogP contribution is 2.32. The molecular formula is C19H16F4N2O3. The number of benzene rings is 2. The number of hydrogen-bond donors (Lipinski definition) is 2. The van der Waals surface area contributed by atoms with Crippen LogP contribution in [-0.2, 0) is 22.4 Å². The number of carbonyl (C=O) groups excluding carboxylic acids is 2. The Bertz CT molecular complexity index is 928. The van der Waals surface area contributed by atoms with Gasteiger partial charge in [0, 0.05) is 23.4 Å². The number of halogens is 4. The Morgan fingerprint density at radius 1 is 1.14 bits per heavy atom. The summed E-state index contributed by atoms with van der Waals surface area (Å²) in [5, 5.41) is 12.2. The Kier molecular flexibility index (Phi) is 5.26. The molecule has 2 N–H and O–H groups in total. The van der Waals surface area contributed by atoms with E-state index in [2.05, 4.69) is 5.32 Å². The van der Waals surface area contributed by atoms with E-state index in [1.807, 2.05) is 0 Å². The maximum atomic E-state index is 13.2. The number of rotatable bonds is 4. The lowest BCUT2D eigenvalue weighted by Crippen LogP contribution is -2.41. The van der Waals surface area contributed by atoms with E-state index < -0.39 is 30.4 Å². The van der Waals surface area contributed by atoms with Crippen LogP contribution in [0.1, 0.15) is 17.5 Å². The molecule has 0 aromatic heterocycles. The molecule has 0 aliphatic carbocycles. The van der Waals surface area contributed by atoms with Crippen molar-refractivity contribution in [3.63, 3.8) is 0 Å². The van der Waals surface area contributed by atoms with Gasteiger partial charge in [-0.25, -0.2) is 4.39 Å². The standard InChI is InChI=1S/C19H16F4N2O3/c20-13-2-5-16(26)12(7-13)9-17(27)24-14-3-4-15-11(8-14)1-6-18(28)25(15)10-19(21,22)23/h2-5,7-8,26H,1,6,9-10H2,(H,24,27). The maximum absolute atomic E-state index is 13.2. The summed E-state index contributed by atoms with van der Waals surface area (Å²) in [5.41, 5.74) is 1.11. The minimum atomic E-state index is -4.52. The van der Waals surface area contributed by atoms with Gasteiger partial charge in [0.1, 0.15) is 18.1 Å². The van der Waals surface area contributed by atoms with E-state index in [1.165, 1.54) is 18.2 Å². The van der Waals surface area contributed by atoms with Gasteiger partial charge >= 0.3 is 6.18 Å². The number of fused-ring (bicyclic) bond motifs is 1. The highest BCUT2D eigenvalue weighted by Gasteiger charge is 2.36. The van der Waals surface area contributed by atoms with Crippen LogP contribution >= 0.6 is 0 Å². The van der Waals surface area contributed by atoms with E-state index in [4.69, 9.17) is 0 Å². The Hall–Kier alpha value is -3.10. The third-order valence-electron chi connectivity index (χ3n) is 4.29. The lowest BCUT2D eigenvalue weighted by atomic mass is 10.00. The second-order valence-electron chi connectivity index (χ2n) is 6.44. The zero-order valence-electron chi connectivity index (χ0n) is 14.5. The van der Waals surface area contributed by atoms with Gasteiger partial charge in [0.2, 0.25) is 11.8 Å². The third kappa shape index (κ3) is 4.59. The second-order valence-corrected chi connectivity index (χ2v) is 6.44. The summed E-state index contributed by atoms with van der Waals surface area (Å²) >= 11 is 0. The van der Waals surface area contributed by atoms with E-state index in [0.29, 0.717) is 16.2 Å². The number of phenolic OH excluding ortho intramolecular Hbond substituents is 1. The van der Waals surface area contributed by atoms with Crippen molar-refractivity contribution in [1.82, 2.24) is 0 Å². The van der Waals surface area contributed by atoms with Crippen molar-refractivity contribution < 1.29 is 32.3 Å². The fourth-order valence-corrected chi connectivity index (χ4v) is 3.06. The van der Waals surface area contributed by atoms with E-state index in [-0.39, 0.29) is 36.3 Å². The molecule has 0 bridgehead atoms. The molecule has 5 nitrogen and oxygen atoms in total. The molecule has 1 aliphatic rings. The molecule has 1 aliphatic heterocycles. The van der Waals surface area contributed by atoms with Crippen molar-refractivity contribution in [2.75, 3.05) is 16.8 Å². The molecule has 0 saturated carbocycles. The van der Waals surface area contributed by atoms with Crippen molar-refractivity contribution in [3.05, 3.63) is 53.3 Å². The van der Waals surface area contributed by atoms with Crippen LogP contribution in [0.3, 0.4) is 0 Å². The summed E-state index contributed by atoms with van der Waals surface area (Å²) in [7, 11) is 0. The minimum absolute atomic E-state index is 0.0579. The van der Waals surface area contributed by atoms with Crippen LogP contribution in [-0.4, -0.2) is 29.6 Å². The van der Waals surface area contributed by atoms with Gasteiger partial charge in [0.15, 0.2) is 0 Å². The van der Waals surface area contributed by atoms with Gasteiger partial charge in [0.25, 0.3) is 0 Å². The van der Waals surface area contributed by atoms with Crippen molar-refractivity contribution in [1.29, 1.82) is 0 Å². The summed E-state index contributed by atoms with van der Waals surface area (Å²) in [5.74, 6) is -1.95. The summed E-state index contributed by atoms with van der Waals surface area (Å²) in [6, 6.07) is 7.51. The smallest absolute Gasteiger partial charge is 0.406 e. The molecule has 0 fully saturated rings. The molecule has 0 spiro atoms. The Labute approximate surface area is 157 Å². The lowest BCUT2D eigenvalue weighted by Gasteiger charge is -2.30. The molecule has 0 saturated heterocycles. The molecule has 0 radical (unpaired) electrons. The SMILES string of the molecule is O=C(Cc1cc(F)ccc1O)Nc1ccc2c(c1)CCC(=O)N2CC(F)(F)F. The number of phenols is 1. The molecule has 9 heteroatoms. The molecule has 28 heavy (non-hydrogen) atoms. The van der Waals surface area contributed by atoms with Crippen LogP contribution in [0.5, 0.6) is 5.75 Å². The molecule has 2 amide bonds. The Balaban J connectivity index is 1.75. The van der Waals surface area contributed by atoms with Crippen LogP contribution in [0, 0.1) is 5.82 Å². The monoisotopic (exact) mass is 396 g/mol. The summed E-state index contributed by atoms with van der Waals surface area (Å²) in [6.45, 7) is -1.37. The number of anilines is 2. The maximum Gasteiger partial charge on any atom is 0.406 e. The number of carbonyl (C=O) groups is 2. The average molecular weight is 396 g/mol. The fraction of sp³-hybridized carbons (Fsp3) is 0.263. The first-order valence-corrected chi connectivity index (χ1v) is 8.40. The van der Waals surface area contributed by atoms with Crippen LogP contribution in [0.15, 0.2) is 36.4 Å². The lowest BCUT2D eigenvalue weighted by molar-refractivity contribution is -0.132. The first kappa shape index (κ1) is 19.7. The van der Waals surface area contributed by atoms with Crippen molar-refractivity contribution >= 4 is 23.2 Å². The Morgan fingerprint density at radius 2 is 1.89 bits per heavy atom. The highest BCUT2D eigenvalue weighted by molar-refractivity contribution is 5.98. The van der Waals surface area contributed by atoms with Gasteiger partial charge in [0.05, 0.1) is 6.42 Å². The fourth-order valence-electron chi connectivity index (χ4n) is 3.06. The summed E-state index contributed by atoms with van der Waals surface area (Å²) in [4.78, 5) is 24.7.